The van der Waals surface area contributed by atoms with Crippen molar-refractivity contribution in [2.45, 2.75) is 6.54 Å². The molecule has 0 N–H and O–H groups in total. The third-order valence-electron chi connectivity index (χ3n) is 3.72. The van der Waals surface area contributed by atoms with Gasteiger partial charge in [0.2, 0.25) is 5.91 Å². The quantitative estimate of drug-likeness (QED) is 0.646. The number of hydrogen-bond acceptors (Lipinski definition) is 2. The molecule has 0 radical (unpaired) electrons. The van der Waals surface area contributed by atoms with Gasteiger partial charge in [-0.2, -0.15) is 5.10 Å². The van der Waals surface area contributed by atoms with Gasteiger partial charge in [-0.3, -0.25) is 4.79 Å². The molecule has 1 aromatic heterocycles. The van der Waals surface area contributed by atoms with E-state index in [9.17, 15) is 4.79 Å². The number of amides is 1. The molecule has 0 saturated carbocycles. The van der Waals surface area contributed by atoms with Crippen molar-refractivity contribution in [2.24, 2.45) is 0 Å². The van der Waals surface area contributed by atoms with Crippen molar-refractivity contribution >= 4 is 23.6 Å². The van der Waals surface area contributed by atoms with Crippen LogP contribution in [-0.4, -0.2) is 27.6 Å². The molecule has 0 atom stereocenters. The summed E-state index contributed by atoms with van der Waals surface area (Å²) in [6, 6.07) is 17.2. The van der Waals surface area contributed by atoms with Gasteiger partial charge in [-0.25, -0.2) is 4.68 Å². The summed E-state index contributed by atoms with van der Waals surface area (Å²) in [5.41, 5.74) is 2.85. The summed E-state index contributed by atoms with van der Waals surface area (Å²) in [5.74, 6) is -0.0764. The Morgan fingerprint density at radius 3 is 2.76 bits per heavy atom. The fourth-order valence-corrected chi connectivity index (χ4v) is 2.62. The molecule has 0 fully saturated rings. The van der Waals surface area contributed by atoms with Gasteiger partial charge in [-0.05, 0) is 35.9 Å². The number of carbonyl (C=O) groups is 1. The summed E-state index contributed by atoms with van der Waals surface area (Å²) in [6.07, 6.45) is 7.02. The molecule has 0 aliphatic rings. The fourth-order valence-electron chi connectivity index (χ4n) is 2.42. The number of aromatic nitrogens is 2. The van der Waals surface area contributed by atoms with Gasteiger partial charge in [0.15, 0.2) is 0 Å². The Bertz CT molecular complexity index is 887. The molecule has 5 heteroatoms. The lowest BCUT2D eigenvalue weighted by molar-refractivity contribution is -0.125. The van der Waals surface area contributed by atoms with Gasteiger partial charge < -0.3 is 4.90 Å². The minimum atomic E-state index is -0.0764. The topological polar surface area (TPSA) is 38.1 Å². The van der Waals surface area contributed by atoms with Crippen molar-refractivity contribution in [3.63, 3.8) is 0 Å². The van der Waals surface area contributed by atoms with Crippen LogP contribution >= 0.6 is 11.6 Å². The number of likely N-dealkylation sites (N-methyl/N-ethyl adjacent to an activating group) is 1. The lowest BCUT2D eigenvalue weighted by Gasteiger charge is -2.13. The number of benzene rings is 2. The van der Waals surface area contributed by atoms with Gasteiger partial charge in [-0.1, -0.05) is 41.9 Å². The van der Waals surface area contributed by atoms with Crippen LogP contribution in [0.25, 0.3) is 11.8 Å². The van der Waals surface area contributed by atoms with E-state index >= 15 is 0 Å². The molecule has 2 aromatic carbocycles. The molecule has 4 nitrogen and oxygen atoms in total. The van der Waals surface area contributed by atoms with Crippen molar-refractivity contribution in [3.05, 3.63) is 89.2 Å². The van der Waals surface area contributed by atoms with Crippen LogP contribution in [0.15, 0.2) is 73.1 Å². The van der Waals surface area contributed by atoms with Crippen LogP contribution in [0, 0.1) is 0 Å². The molecule has 0 aliphatic carbocycles. The largest absolute Gasteiger partial charge is 0.338 e. The number of nitrogens with zero attached hydrogens (tertiary/aromatic N) is 3. The van der Waals surface area contributed by atoms with Gasteiger partial charge in [0, 0.05) is 36.5 Å². The molecule has 0 spiro atoms. The molecular weight excluding hydrogens is 334 g/mol. The Balaban J connectivity index is 1.63. The SMILES string of the molecule is CN(Cc1cnn(-c2ccccc2)c1)C(=O)/C=C/c1cccc(Cl)c1. The summed E-state index contributed by atoms with van der Waals surface area (Å²) in [6.45, 7) is 0.492. The van der Waals surface area contributed by atoms with Crippen molar-refractivity contribution < 1.29 is 4.79 Å². The number of hydrogen-bond donors (Lipinski definition) is 0. The molecule has 0 bridgehead atoms. The zero-order valence-electron chi connectivity index (χ0n) is 13.8. The Kier molecular flexibility index (Phi) is 5.31. The maximum absolute atomic E-state index is 12.3. The molecule has 3 aromatic rings. The molecule has 25 heavy (non-hydrogen) atoms. The Labute approximate surface area is 152 Å². The second-order valence-electron chi connectivity index (χ2n) is 5.71. The first kappa shape index (κ1) is 17.0. The lowest BCUT2D eigenvalue weighted by atomic mass is 10.2. The van der Waals surface area contributed by atoms with E-state index < -0.39 is 0 Å². The standard InChI is InChI=1S/C20H18ClN3O/c1-23(20(25)11-10-16-6-5-7-18(21)12-16)14-17-13-22-24(15-17)19-8-3-2-4-9-19/h2-13,15H,14H2,1H3/b11-10+. The van der Waals surface area contributed by atoms with Gasteiger partial charge >= 0.3 is 0 Å². The first-order valence-corrected chi connectivity index (χ1v) is 8.27. The van der Waals surface area contributed by atoms with Gasteiger partial charge in [0.1, 0.15) is 0 Å². The van der Waals surface area contributed by atoms with Crippen LogP contribution in [0.5, 0.6) is 0 Å². The second-order valence-corrected chi connectivity index (χ2v) is 6.15. The van der Waals surface area contributed by atoms with E-state index in [1.807, 2.05) is 54.7 Å². The number of halogens is 1. The second kappa shape index (κ2) is 7.81. The third kappa shape index (κ3) is 4.58. The monoisotopic (exact) mass is 351 g/mol. The highest BCUT2D eigenvalue weighted by Gasteiger charge is 2.08. The molecule has 1 heterocycles. The van der Waals surface area contributed by atoms with E-state index in [1.54, 1.807) is 41.0 Å². The minimum absolute atomic E-state index is 0.0764. The van der Waals surface area contributed by atoms with Crippen molar-refractivity contribution in [3.8, 4) is 5.69 Å². The highest BCUT2D eigenvalue weighted by atomic mass is 35.5. The van der Waals surface area contributed by atoms with E-state index in [-0.39, 0.29) is 5.91 Å². The third-order valence-corrected chi connectivity index (χ3v) is 3.95. The predicted octanol–water partition coefficient (Wildman–Crippen LogP) is 4.20. The smallest absolute Gasteiger partial charge is 0.246 e. The number of rotatable bonds is 5. The molecular formula is C20H18ClN3O. The maximum atomic E-state index is 12.3. The van der Waals surface area contributed by atoms with Crippen LogP contribution < -0.4 is 0 Å². The predicted molar refractivity (Wildman–Crippen MR) is 101 cm³/mol. The summed E-state index contributed by atoms with van der Waals surface area (Å²) in [4.78, 5) is 13.9. The van der Waals surface area contributed by atoms with E-state index in [4.69, 9.17) is 11.6 Å². The molecule has 0 aliphatic heterocycles. The van der Waals surface area contributed by atoms with E-state index in [2.05, 4.69) is 5.10 Å². The highest BCUT2D eigenvalue weighted by molar-refractivity contribution is 6.30. The lowest BCUT2D eigenvalue weighted by Crippen LogP contribution is -2.23. The molecule has 0 unspecified atom stereocenters. The normalized spacial score (nSPS) is 11.0. The van der Waals surface area contributed by atoms with E-state index in [0.717, 1.165) is 16.8 Å². The minimum Gasteiger partial charge on any atom is -0.338 e. The fraction of sp³-hybridized carbons (Fsp3) is 0.100. The maximum Gasteiger partial charge on any atom is 0.246 e. The first-order valence-electron chi connectivity index (χ1n) is 7.89. The molecule has 1 amide bonds. The van der Waals surface area contributed by atoms with E-state index in [1.165, 1.54) is 0 Å². The van der Waals surface area contributed by atoms with Crippen molar-refractivity contribution in [1.82, 2.24) is 14.7 Å². The van der Waals surface area contributed by atoms with Crippen LogP contribution in [-0.2, 0) is 11.3 Å². The van der Waals surface area contributed by atoms with Crippen LogP contribution in [0.4, 0.5) is 0 Å². The molecule has 3 rings (SSSR count). The van der Waals surface area contributed by atoms with Crippen LogP contribution in [0.2, 0.25) is 5.02 Å². The summed E-state index contributed by atoms with van der Waals surface area (Å²) < 4.78 is 1.80. The Hall–Kier alpha value is -2.85. The molecule has 126 valence electrons. The summed E-state index contributed by atoms with van der Waals surface area (Å²) in [5, 5.41) is 5.00. The van der Waals surface area contributed by atoms with Crippen molar-refractivity contribution in [1.29, 1.82) is 0 Å². The highest BCUT2D eigenvalue weighted by Crippen LogP contribution is 2.13. The van der Waals surface area contributed by atoms with Crippen molar-refractivity contribution in [2.75, 3.05) is 7.05 Å². The summed E-state index contributed by atoms with van der Waals surface area (Å²) in [7, 11) is 1.77. The molecule has 0 saturated heterocycles. The number of carbonyl (C=O) groups excluding carboxylic acids is 1. The Morgan fingerprint density at radius 1 is 1.20 bits per heavy atom. The van der Waals surface area contributed by atoms with Crippen LogP contribution in [0.1, 0.15) is 11.1 Å². The van der Waals surface area contributed by atoms with Gasteiger partial charge in [0.25, 0.3) is 0 Å². The van der Waals surface area contributed by atoms with E-state index in [0.29, 0.717) is 11.6 Å². The Morgan fingerprint density at radius 2 is 2.00 bits per heavy atom. The van der Waals surface area contributed by atoms with Gasteiger partial charge in [0.05, 0.1) is 11.9 Å². The first-order chi connectivity index (χ1) is 12.1. The zero-order valence-corrected chi connectivity index (χ0v) is 14.6. The average molecular weight is 352 g/mol. The average Bonchev–Trinajstić information content (AvgIpc) is 3.09. The number of para-hydroxylation sites is 1. The zero-order chi connectivity index (χ0) is 17.6. The van der Waals surface area contributed by atoms with Crippen LogP contribution in [0.3, 0.4) is 0 Å². The van der Waals surface area contributed by atoms with Gasteiger partial charge in [-0.15, -0.1) is 0 Å². The summed E-state index contributed by atoms with van der Waals surface area (Å²) >= 11 is 5.94.